The van der Waals surface area contributed by atoms with Crippen molar-refractivity contribution in [2.45, 2.75) is 25.2 Å². The van der Waals surface area contributed by atoms with Gasteiger partial charge in [0.25, 0.3) is 0 Å². The second-order valence-electron chi connectivity index (χ2n) is 7.82. The maximum Gasteiger partial charge on any atom is 0.237 e. The molecule has 1 aliphatic carbocycles. The average Bonchev–Trinajstić information content (AvgIpc) is 3.44. The van der Waals surface area contributed by atoms with Gasteiger partial charge in [0.1, 0.15) is 11.7 Å². The van der Waals surface area contributed by atoms with E-state index >= 15 is 0 Å². The van der Waals surface area contributed by atoms with Crippen molar-refractivity contribution in [1.29, 1.82) is 0 Å². The zero-order chi connectivity index (χ0) is 19.3. The Bertz CT molecular complexity index is 930. The highest BCUT2D eigenvalue weighted by Crippen LogP contribution is 2.40. The predicted molar refractivity (Wildman–Crippen MR) is 102 cm³/mol. The van der Waals surface area contributed by atoms with Crippen LogP contribution in [0.4, 0.5) is 15.9 Å². The summed E-state index contributed by atoms with van der Waals surface area (Å²) in [6.45, 7) is 2.45. The third-order valence-corrected chi connectivity index (χ3v) is 5.88. The van der Waals surface area contributed by atoms with Crippen LogP contribution >= 0.6 is 0 Å². The number of nitrogens with zero attached hydrogens (tertiary/aromatic N) is 3. The van der Waals surface area contributed by atoms with Crippen LogP contribution in [0.1, 0.15) is 30.0 Å². The number of carbonyl (C=O) groups excluding carboxylic acids is 2. The minimum Gasteiger partial charge on any atom is -0.352 e. The molecule has 2 N–H and O–H groups in total. The topological polar surface area (TPSA) is 81.3 Å². The molecule has 0 bridgehead atoms. The van der Waals surface area contributed by atoms with Crippen LogP contribution in [0.25, 0.3) is 0 Å². The third-order valence-electron chi connectivity index (χ3n) is 5.88. The van der Waals surface area contributed by atoms with E-state index in [1.54, 1.807) is 11.0 Å². The van der Waals surface area contributed by atoms with E-state index < -0.39 is 5.92 Å². The number of H-pyrrole nitrogens is 1. The predicted octanol–water partition coefficient (Wildman–Crippen LogP) is 1.89. The van der Waals surface area contributed by atoms with Gasteiger partial charge >= 0.3 is 0 Å². The van der Waals surface area contributed by atoms with Crippen molar-refractivity contribution in [3.63, 3.8) is 0 Å². The Morgan fingerprint density at radius 3 is 2.68 bits per heavy atom. The van der Waals surface area contributed by atoms with Crippen molar-refractivity contribution in [1.82, 2.24) is 15.1 Å². The molecule has 3 aliphatic rings. The summed E-state index contributed by atoms with van der Waals surface area (Å²) in [7, 11) is 0. The second kappa shape index (κ2) is 6.61. The zero-order valence-corrected chi connectivity index (χ0v) is 15.4. The molecule has 1 unspecified atom stereocenters. The lowest BCUT2D eigenvalue weighted by Crippen LogP contribution is -2.53. The van der Waals surface area contributed by atoms with Crippen LogP contribution in [0.15, 0.2) is 24.3 Å². The van der Waals surface area contributed by atoms with E-state index in [9.17, 15) is 14.0 Å². The molecule has 1 aromatic carbocycles. The molecule has 2 aliphatic heterocycles. The van der Waals surface area contributed by atoms with Crippen molar-refractivity contribution in [2.75, 3.05) is 36.4 Å². The van der Waals surface area contributed by atoms with Gasteiger partial charge in [0.15, 0.2) is 5.82 Å². The lowest BCUT2D eigenvalue weighted by molar-refractivity contribution is -0.140. The largest absolute Gasteiger partial charge is 0.352 e. The molecule has 146 valence electrons. The Balaban J connectivity index is 1.23. The molecule has 2 aromatic rings. The first kappa shape index (κ1) is 17.2. The fourth-order valence-corrected chi connectivity index (χ4v) is 4.05. The Morgan fingerprint density at radius 1 is 1.14 bits per heavy atom. The van der Waals surface area contributed by atoms with Gasteiger partial charge in [0.05, 0.1) is 0 Å². The van der Waals surface area contributed by atoms with Crippen molar-refractivity contribution >= 4 is 23.3 Å². The Hall–Kier alpha value is -2.90. The number of rotatable bonds is 3. The fraction of sp³-hybridized carbons (Fsp3) is 0.450. The molecule has 2 fully saturated rings. The molecule has 3 heterocycles. The van der Waals surface area contributed by atoms with Crippen molar-refractivity contribution in [3.05, 3.63) is 41.3 Å². The van der Waals surface area contributed by atoms with Gasteiger partial charge in [-0.25, -0.2) is 4.39 Å². The first-order valence-corrected chi connectivity index (χ1v) is 9.77. The molecule has 0 spiro atoms. The van der Waals surface area contributed by atoms with Gasteiger partial charge in [-0.05, 0) is 43.0 Å². The number of amides is 2. The number of aromatic amines is 1. The van der Waals surface area contributed by atoms with Gasteiger partial charge in [-0.1, -0.05) is 0 Å². The Kier molecular flexibility index (Phi) is 4.07. The molecule has 7 nitrogen and oxygen atoms in total. The number of piperazine rings is 1. The van der Waals surface area contributed by atoms with E-state index in [1.807, 2.05) is 0 Å². The molecule has 28 heavy (non-hydrogen) atoms. The maximum absolute atomic E-state index is 13.5. The number of benzene rings is 1. The number of hydrogen-bond acceptors (Lipinski definition) is 4. The lowest BCUT2D eigenvalue weighted by atomic mass is 9.91. The van der Waals surface area contributed by atoms with Crippen LogP contribution in [0.3, 0.4) is 0 Å². The van der Waals surface area contributed by atoms with E-state index in [0.29, 0.717) is 43.3 Å². The van der Waals surface area contributed by atoms with Crippen LogP contribution in [0.2, 0.25) is 0 Å². The summed E-state index contributed by atoms with van der Waals surface area (Å²) in [5.74, 6) is -0.108. The molecule has 8 heteroatoms. The number of carbonyl (C=O) groups is 2. The number of hydrogen-bond donors (Lipinski definition) is 2. The SMILES string of the molecule is O=C1Nc2ccc(F)cc2CC1C(=O)N1CCN(c2cc(C3CC3)[nH]n2)CC1. The standard InChI is InChI=1S/C20H22FN5O2/c21-14-3-4-16-13(9-14)10-15(19(27)22-16)20(28)26-7-5-25(6-8-26)18-11-17(23-24-18)12-1-2-12/h3-4,9,11-12,15H,1-2,5-8,10H2,(H,22,27)(H,23,24). The number of fused-ring (bicyclic) bond motifs is 1. The summed E-state index contributed by atoms with van der Waals surface area (Å²) in [5, 5.41) is 10.3. The van der Waals surface area contributed by atoms with E-state index in [1.165, 1.54) is 30.7 Å². The Labute approximate surface area is 161 Å². The molecule has 5 rings (SSSR count). The van der Waals surface area contributed by atoms with Gasteiger partial charge < -0.3 is 15.1 Å². The molecule has 0 radical (unpaired) electrons. The second-order valence-corrected chi connectivity index (χ2v) is 7.82. The monoisotopic (exact) mass is 383 g/mol. The number of aromatic nitrogens is 2. The Morgan fingerprint density at radius 2 is 1.93 bits per heavy atom. The number of nitrogens with one attached hydrogen (secondary N) is 2. The van der Waals surface area contributed by atoms with Gasteiger partial charge in [-0.3, -0.25) is 14.7 Å². The van der Waals surface area contributed by atoms with E-state index in [0.717, 1.165) is 5.82 Å². The number of anilines is 2. The smallest absolute Gasteiger partial charge is 0.237 e. The summed E-state index contributed by atoms with van der Waals surface area (Å²) in [4.78, 5) is 29.2. The molecular formula is C20H22FN5O2. The third kappa shape index (κ3) is 3.12. The summed E-state index contributed by atoms with van der Waals surface area (Å²) >= 11 is 0. The van der Waals surface area contributed by atoms with Crippen molar-refractivity contribution in [3.8, 4) is 0 Å². The fourth-order valence-electron chi connectivity index (χ4n) is 4.05. The number of halogens is 1. The summed E-state index contributed by atoms with van der Waals surface area (Å²) in [6, 6.07) is 6.35. The van der Waals surface area contributed by atoms with Crippen molar-refractivity contribution < 1.29 is 14.0 Å². The van der Waals surface area contributed by atoms with Gasteiger partial charge in [0, 0.05) is 49.5 Å². The van der Waals surface area contributed by atoms with E-state index in [4.69, 9.17) is 0 Å². The van der Waals surface area contributed by atoms with Gasteiger partial charge in [-0.2, -0.15) is 5.10 Å². The molecule has 1 atom stereocenters. The minimum atomic E-state index is -0.798. The van der Waals surface area contributed by atoms with E-state index in [2.05, 4.69) is 26.5 Å². The zero-order valence-electron chi connectivity index (χ0n) is 15.4. The van der Waals surface area contributed by atoms with Crippen LogP contribution in [-0.4, -0.2) is 53.1 Å². The average molecular weight is 383 g/mol. The van der Waals surface area contributed by atoms with Gasteiger partial charge in [-0.15, -0.1) is 0 Å². The highest BCUT2D eigenvalue weighted by Gasteiger charge is 2.36. The normalized spacial score (nSPS) is 22.0. The van der Waals surface area contributed by atoms with Crippen LogP contribution in [0, 0.1) is 11.7 Å². The molecule has 1 saturated heterocycles. The lowest BCUT2D eigenvalue weighted by Gasteiger charge is -2.37. The first-order chi connectivity index (χ1) is 13.6. The summed E-state index contributed by atoms with van der Waals surface area (Å²) < 4.78 is 13.5. The molecule has 2 amide bonds. The first-order valence-electron chi connectivity index (χ1n) is 9.77. The van der Waals surface area contributed by atoms with Crippen LogP contribution in [-0.2, 0) is 16.0 Å². The molecule has 1 saturated carbocycles. The van der Waals surface area contributed by atoms with E-state index in [-0.39, 0.29) is 24.1 Å². The maximum atomic E-state index is 13.5. The summed E-state index contributed by atoms with van der Waals surface area (Å²) in [5.41, 5.74) is 2.45. The minimum absolute atomic E-state index is 0.187. The molecule has 1 aromatic heterocycles. The quantitative estimate of drug-likeness (QED) is 0.793. The highest BCUT2D eigenvalue weighted by molar-refractivity contribution is 6.08. The van der Waals surface area contributed by atoms with Crippen LogP contribution < -0.4 is 10.2 Å². The van der Waals surface area contributed by atoms with Crippen molar-refractivity contribution in [2.24, 2.45) is 5.92 Å². The highest BCUT2D eigenvalue weighted by atomic mass is 19.1. The van der Waals surface area contributed by atoms with Crippen LogP contribution in [0.5, 0.6) is 0 Å². The van der Waals surface area contributed by atoms with Gasteiger partial charge in [0.2, 0.25) is 11.8 Å². The molecular weight excluding hydrogens is 361 g/mol. The summed E-state index contributed by atoms with van der Waals surface area (Å²) in [6.07, 6.45) is 2.68.